The van der Waals surface area contributed by atoms with Crippen LogP contribution < -0.4 is 10.1 Å². The molecule has 0 unspecified atom stereocenters. The molecule has 0 saturated heterocycles. The zero-order valence-electron chi connectivity index (χ0n) is 11.1. The number of aromatic carboxylic acids is 1. The van der Waals surface area contributed by atoms with Gasteiger partial charge in [-0.2, -0.15) is 0 Å². The van der Waals surface area contributed by atoms with Gasteiger partial charge in [0.1, 0.15) is 5.75 Å². The van der Waals surface area contributed by atoms with Crippen LogP contribution in [0, 0.1) is 0 Å². The average Bonchev–Trinajstić information content (AvgIpc) is 2.95. The van der Waals surface area contributed by atoms with Crippen LogP contribution in [0.4, 0.5) is 0 Å². The van der Waals surface area contributed by atoms with Crippen LogP contribution in [-0.2, 0) is 6.54 Å². The summed E-state index contributed by atoms with van der Waals surface area (Å²) in [5.41, 5.74) is 0.736. The number of carbonyl (C=O) groups excluding carboxylic acids is 1. The molecule has 6 nitrogen and oxygen atoms in total. The lowest BCUT2D eigenvalue weighted by molar-refractivity contribution is 0.0659. The molecule has 0 saturated carbocycles. The second-order valence-electron chi connectivity index (χ2n) is 4.11. The molecule has 0 aliphatic carbocycles. The highest BCUT2D eigenvalue weighted by Gasteiger charge is 2.15. The number of halogens is 1. The SMILES string of the molecule is COc1cc(Cl)ccc1CNC(=O)c1ccc(C(=O)O)o1. The number of ether oxygens (including phenoxy) is 1. The van der Waals surface area contributed by atoms with Crippen LogP contribution in [0.15, 0.2) is 34.7 Å². The molecule has 0 fully saturated rings. The first kappa shape index (κ1) is 14.9. The fraction of sp³-hybridized carbons (Fsp3) is 0.143. The zero-order chi connectivity index (χ0) is 15.4. The Bertz CT molecular complexity index is 680. The van der Waals surface area contributed by atoms with Gasteiger partial charge in [-0.25, -0.2) is 4.79 Å². The molecule has 7 heteroatoms. The predicted octanol–water partition coefficient (Wildman–Crippen LogP) is 2.57. The monoisotopic (exact) mass is 309 g/mol. The quantitative estimate of drug-likeness (QED) is 0.886. The molecular weight excluding hydrogens is 298 g/mol. The van der Waals surface area contributed by atoms with Crippen molar-refractivity contribution in [2.75, 3.05) is 7.11 Å². The van der Waals surface area contributed by atoms with Crippen molar-refractivity contribution in [3.8, 4) is 5.75 Å². The number of methoxy groups -OCH3 is 1. The van der Waals surface area contributed by atoms with Gasteiger partial charge in [0.05, 0.1) is 7.11 Å². The molecule has 1 amide bonds. The largest absolute Gasteiger partial charge is 0.496 e. The Morgan fingerprint density at radius 2 is 2.00 bits per heavy atom. The number of rotatable bonds is 5. The van der Waals surface area contributed by atoms with E-state index in [0.29, 0.717) is 10.8 Å². The molecule has 1 heterocycles. The van der Waals surface area contributed by atoms with E-state index in [1.165, 1.54) is 19.2 Å². The molecule has 0 aliphatic heterocycles. The van der Waals surface area contributed by atoms with Crippen molar-refractivity contribution in [3.63, 3.8) is 0 Å². The Labute approximate surface area is 125 Å². The molecule has 2 aromatic rings. The first-order chi connectivity index (χ1) is 10.0. The number of hydrogen-bond donors (Lipinski definition) is 2. The van der Waals surface area contributed by atoms with Crippen molar-refractivity contribution in [3.05, 3.63) is 52.4 Å². The Morgan fingerprint density at radius 1 is 1.29 bits per heavy atom. The minimum atomic E-state index is -1.23. The summed E-state index contributed by atoms with van der Waals surface area (Å²) in [5.74, 6) is -1.55. The molecule has 0 aliphatic rings. The van der Waals surface area contributed by atoms with Gasteiger partial charge >= 0.3 is 5.97 Å². The fourth-order valence-corrected chi connectivity index (χ4v) is 1.86. The summed E-state index contributed by atoms with van der Waals surface area (Å²) in [7, 11) is 1.50. The van der Waals surface area contributed by atoms with Gasteiger partial charge in [0, 0.05) is 17.1 Å². The van der Waals surface area contributed by atoms with Gasteiger partial charge in [-0.15, -0.1) is 0 Å². The second-order valence-corrected chi connectivity index (χ2v) is 4.54. The smallest absolute Gasteiger partial charge is 0.371 e. The van der Waals surface area contributed by atoms with Gasteiger partial charge < -0.3 is 19.6 Å². The summed E-state index contributed by atoms with van der Waals surface area (Å²) in [5, 5.41) is 11.9. The van der Waals surface area contributed by atoms with Crippen molar-refractivity contribution in [1.29, 1.82) is 0 Å². The van der Waals surface area contributed by atoms with Gasteiger partial charge in [-0.3, -0.25) is 4.79 Å². The van der Waals surface area contributed by atoms with Gasteiger partial charge in [-0.1, -0.05) is 17.7 Å². The summed E-state index contributed by atoms with van der Waals surface area (Å²) in [6.07, 6.45) is 0. The maximum atomic E-state index is 11.9. The minimum absolute atomic E-state index is 0.0691. The lowest BCUT2D eigenvalue weighted by atomic mass is 10.2. The van der Waals surface area contributed by atoms with E-state index in [1.54, 1.807) is 18.2 Å². The predicted molar refractivity (Wildman–Crippen MR) is 74.8 cm³/mol. The molecular formula is C14H12ClNO5. The third-order valence-corrected chi connectivity index (χ3v) is 2.96. The van der Waals surface area contributed by atoms with E-state index in [0.717, 1.165) is 5.56 Å². The maximum absolute atomic E-state index is 11.9. The Kier molecular flexibility index (Phi) is 4.49. The second kappa shape index (κ2) is 6.32. The highest BCUT2D eigenvalue weighted by atomic mass is 35.5. The number of furan rings is 1. The van der Waals surface area contributed by atoms with E-state index in [1.807, 2.05) is 0 Å². The fourth-order valence-electron chi connectivity index (χ4n) is 1.70. The molecule has 1 aromatic heterocycles. The number of amides is 1. The van der Waals surface area contributed by atoms with Crippen molar-refractivity contribution >= 4 is 23.5 Å². The molecule has 0 spiro atoms. The molecule has 0 radical (unpaired) electrons. The van der Waals surface area contributed by atoms with Crippen molar-refractivity contribution in [1.82, 2.24) is 5.32 Å². The summed E-state index contributed by atoms with van der Waals surface area (Å²) in [4.78, 5) is 22.5. The number of hydrogen-bond acceptors (Lipinski definition) is 4. The maximum Gasteiger partial charge on any atom is 0.371 e. The first-order valence-electron chi connectivity index (χ1n) is 5.95. The number of benzene rings is 1. The number of nitrogens with one attached hydrogen (secondary N) is 1. The van der Waals surface area contributed by atoms with Crippen LogP contribution in [0.25, 0.3) is 0 Å². The standard InChI is InChI=1S/C14H12ClNO5/c1-20-12-6-9(15)3-2-8(12)7-16-13(17)10-4-5-11(21-10)14(18)19/h2-6H,7H2,1H3,(H,16,17)(H,18,19). The lowest BCUT2D eigenvalue weighted by Gasteiger charge is -2.09. The number of carboxylic acids is 1. The average molecular weight is 310 g/mol. The highest BCUT2D eigenvalue weighted by Crippen LogP contribution is 2.23. The van der Waals surface area contributed by atoms with E-state index < -0.39 is 11.9 Å². The molecule has 1 aromatic carbocycles. The number of carboxylic acid groups (broad SMARTS) is 1. The van der Waals surface area contributed by atoms with Crippen molar-refractivity contribution in [2.24, 2.45) is 0 Å². The lowest BCUT2D eigenvalue weighted by Crippen LogP contribution is -2.22. The summed E-state index contributed by atoms with van der Waals surface area (Å²) in [6.45, 7) is 0.197. The van der Waals surface area contributed by atoms with E-state index in [2.05, 4.69) is 5.32 Å². The molecule has 2 N–H and O–H groups in total. The minimum Gasteiger partial charge on any atom is -0.496 e. The molecule has 0 atom stereocenters. The van der Waals surface area contributed by atoms with E-state index in [-0.39, 0.29) is 18.1 Å². The molecule has 0 bridgehead atoms. The Hall–Kier alpha value is -2.47. The van der Waals surface area contributed by atoms with Gasteiger partial charge in [-0.05, 0) is 24.3 Å². The van der Waals surface area contributed by atoms with Crippen LogP contribution in [0.2, 0.25) is 5.02 Å². The van der Waals surface area contributed by atoms with Gasteiger partial charge in [0.15, 0.2) is 5.76 Å². The summed E-state index contributed by atoms with van der Waals surface area (Å²) < 4.78 is 10.1. The van der Waals surface area contributed by atoms with Crippen LogP contribution in [0.1, 0.15) is 26.7 Å². The molecule has 21 heavy (non-hydrogen) atoms. The highest BCUT2D eigenvalue weighted by molar-refractivity contribution is 6.30. The normalized spacial score (nSPS) is 10.2. The van der Waals surface area contributed by atoms with Gasteiger partial charge in [0.2, 0.25) is 5.76 Å². The third kappa shape index (κ3) is 3.55. The topological polar surface area (TPSA) is 88.8 Å². The Balaban J connectivity index is 2.05. The molecule has 2 rings (SSSR count). The van der Waals surface area contributed by atoms with Crippen LogP contribution in [0.5, 0.6) is 5.75 Å². The van der Waals surface area contributed by atoms with E-state index in [9.17, 15) is 9.59 Å². The number of carbonyl (C=O) groups is 2. The van der Waals surface area contributed by atoms with E-state index >= 15 is 0 Å². The molecule has 110 valence electrons. The van der Waals surface area contributed by atoms with Crippen LogP contribution in [-0.4, -0.2) is 24.1 Å². The van der Waals surface area contributed by atoms with Gasteiger partial charge in [0.25, 0.3) is 5.91 Å². The Morgan fingerprint density at radius 3 is 2.62 bits per heavy atom. The van der Waals surface area contributed by atoms with Crippen LogP contribution >= 0.6 is 11.6 Å². The summed E-state index contributed by atoms with van der Waals surface area (Å²) in [6, 6.07) is 7.57. The van der Waals surface area contributed by atoms with Crippen LogP contribution in [0.3, 0.4) is 0 Å². The zero-order valence-corrected chi connectivity index (χ0v) is 11.8. The van der Waals surface area contributed by atoms with Crippen molar-refractivity contribution < 1.29 is 23.8 Å². The first-order valence-corrected chi connectivity index (χ1v) is 6.33. The van der Waals surface area contributed by atoms with E-state index in [4.69, 9.17) is 25.9 Å². The third-order valence-electron chi connectivity index (χ3n) is 2.73. The van der Waals surface area contributed by atoms with Crippen molar-refractivity contribution in [2.45, 2.75) is 6.54 Å². The summed E-state index contributed by atoms with van der Waals surface area (Å²) >= 11 is 5.85.